The maximum Gasteiger partial charge on any atom is 0.276 e. The molecule has 2 aromatic carbocycles. The van der Waals surface area contributed by atoms with Crippen molar-refractivity contribution in [3.05, 3.63) is 59.4 Å². The van der Waals surface area contributed by atoms with Crippen molar-refractivity contribution in [2.75, 3.05) is 13.6 Å². The predicted molar refractivity (Wildman–Crippen MR) is 99.7 cm³/mol. The van der Waals surface area contributed by atoms with Gasteiger partial charge in [0.2, 0.25) is 9.84 Å². The van der Waals surface area contributed by atoms with E-state index in [4.69, 9.17) is 5.14 Å². The molecule has 0 spiro atoms. The molecule has 3 rings (SSSR count). The summed E-state index contributed by atoms with van der Waals surface area (Å²) in [5, 5.41) is 5.16. The van der Waals surface area contributed by atoms with Crippen LogP contribution in [0.15, 0.2) is 52.3 Å². The Labute approximate surface area is 158 Å². The van der Waals surface area contributed by atoms with Crippen molar-refractivity contribution >= 4 is 20.0 Å². The minimum Gasteiger partial charge on any atom is -0.219 e. The zero-order valence-corrected chi connectivity index (χ0v) is 16.4. The summed E-state index contributed by atoms with van der Waals surface area (Å²) in [6.07, 6.45) is 2.32. The van der Waals surface area contributed by atoms with E-state index in [0.29, 0.717) is 6.42 Å². The minimum atomic E-state index is -3.83. The zero-order valence-electron chi connectivity index (χ0n) is 14.8. The molecule has 0 saturated carbocycles. The summed E-state index contributed by atoms with van der Waals surface area (Å²) in [6.45, 7) is 0.238. The molecular weight excluding hydrogens is 391 g/mol. The Balaban J connectivity index is 1.95. The molecule has 1 atom stereocenters. The zero-order chi connectivity index (χ0) is 19.8. The smallest absolute Gasteiger partial charge is 0.219 e. The van der Waals surface area contributed by atoms with E-state index in [1.807, 2.05) is 0 Å². The molecule has 146 valence electrons. The quantitative estimate of drug-likeness (QED) is 0.814. The van der Waals surface area contributed by atoms with Gasteiger partial charge in [0.1, 0.15) is 5.82 Å². The molecule has 0 unspecified atom stereocenters. The molecule has 1 aliphatic carbocycles. The highest BCUT2D eigenvalue weighted by molar-refractivity contribution is 7.91. The van der Waals surface area contributed by atoms with Crippen molar-refractivity contribution in [2.45, 2.75) is 35.0 Å². The number of halogens is 1. The van der Waals surface area contributed by atoms with Gasteiger partial charge in [0.05, 0.1) is 9.79 Å². The molecule has 0 radical (unpaired) electrons. The fourth-order valence-electron chi connectivity index (χ4n) is 3.43. The molecule has 27 heavy (non-hydrogen) atoms. The van der Waals surface area contributed by atoms with Crippen molar-refractivity contribution in [3.8, 4) is 0 Å². The number of likely N-dealkylation sites (N-methyl/N-ethyl adjacent to an activating group) is 1. The molecule has 0 bridgehead atoms. The Morgan fingerprint density at radius 3 is 2.48 bits per heavy atom. The van der Waals surface area contributed by atoms with Gasteiger partial charge in [-0.05, 0) is 66.6 Å². The first kappa shape index (κ1) is 19.9. The van der Waals surface area contributed by atoms with Crippen molar-refractivity contribution in [1.82, 2.24) is 4.31 Å². The third-order valence-corrected chi connectivity index (χ3v) is 7.65. The maximum absolute atomic E-state index is 13.4. The van der Waals surface area contributed by atoms with Crippen LogP contribution < -0.4 is 5.14 Å². The van der Waals surface area contributed by atoms with E-state index < -0.39 is 25.9 Å². The Morgan fingerprint density at radius 2 is 1.81 bits per heavy atom. The van der Waals surface area contributed by atoms with Crippen molar-refractivity contribution in [3.63, 3.8) is 0 Å². The van der Waals surface area contributed by atoms with Crippen LogP contribution in [0.25, 0.3) is 0 Å². The molecule has 1 aliphatic rings. The molecule has 0 aromatic heterocycles. The number of nitrogens with zero attached hydrogens (tertiary/aromatic N) is 1. The van der Waals surface area contributed by atoms with Crippen LogP contribution in [0.1, 0.15) is 29.9 Å². The lowest BCUT2D eigenvalue weighted by Crippen LogP contribution is -2.37. The lowest BCUT2D eigenvalue weighted by molar-refractivity contribution is 0.410. The molecule has 0 heterocycles. The number of sulfone groups is 1. The van der Waals surface area contributed by atoms with E-state index >= 15 is 0 Å². The maximum atomic E-state index is 13.4. The van der Waals surface area contributed by atoms with Crippen LogP contribution >= 0.6 is 0 Å². The van der Waals surface area contributed by atoms with Crippen LogP contribution in [0.5, 0.6) is 0 Å². The molecule has 0 amide bonds. The van der Waals surface area contributed by atoms with Gasteiger partial charge in [-0.2, -0.15) is 12.7 Å². The largest absolute Gasteiger partial charge is 0.276 e. The molecule has 0 fully saturated rings. The van der Waals surface area contributed by atoms with Gasteiger partial charge in [-0.1, -0.05) is 12.1 Å². The van der Waals surface area contributed by atoms with Gasteiger partial charge in [-0.15, -0.1) is 0 Å². The monoisotopic (exact) mass is 412 g/mol. The average Bonchev–Trinajstić information content (AvgIpc) is 2.60. The van der Waals surface area contributed by atoms with Crippen LogP contribution in [0.2, 0.25) is 0 Å². The van der Waals surface area contributed by atoms with Gasteiger partial charge in [-0.25, -0.2) is 17.9 Å². The van der Waals surface area contributed by atoms with E-state index in [2.05, 4.69) is 0 Å². The summed E-state index contributed by atoms with van der Waals surface area (Å²) in [5.74, 6) is -0.664. The molecule has 0 saturated heterocycles. The molecule has 0 aliphatic heterocycles. The van der Waals surface area contributed by atoms with Crippen LogP contribution in [0.4, 0.5) is 4.39 Å². The fourth-order valence-corrected chi connectivity index (χ4v) is 5.16. The number of rotatable bonds is 5. The van der Waals surface area contributed by atoms with Crippen molar-refractivity contribution < 1.29 is 21.2 Å². The first-order valence-electron chi connectivity index (χ1n) is 8.46. The first-order valence-corrected chi connectivity index (χ1v) is 11.5. The second-order valence-electron chi connectivity index (χ2n) is 6.74. The predicted octanol–water partition coefficient (Wildman–Crippen LogP) is 2.21. The molecule has 2 aromatic rings. The number of benzene rings is 2. The van der Waals surface area contributed by atoms with Crippen LogP contribution in [0.3, 0.4) is 0 Å². The van der Waals surface area contributed by atoms with Crippen LogP contribution in [0, 0.1) is 5.82 Å². The van der Waals surface area contributed by atoms with Crippen molar-refractivity contribution in [2.24, 2.45) is 5.14 Å². The van der Waals surface area contributed by atoms with Gasteiger partial charge in [0.15, 0.2) is 0 Å². The highest BCUT2D eigenvalue weighted by atomic mass is 32.2. The summed E-state index contributed by atoms with van der Waals surface area (Å²) in [6, 6.07) is 9.74. The summed E-state index contributed by atoms with van der Waals surface area (Å²) in [7, 11) is -6.18. The third kappa shape index (κ3) is 4.21. The molecule has 9 heteroatoms. The van der Waals surface area contributed by atoms with E-state index in [1.165, 1.54) is 31.3 Å². The number of fused-ring (bicyclic) bond motifs is 1. The van der Waals surface area contributed by atoms with Gasteiger partial charge < -0.3 is 0 Å². The third-order valence-electron chi connectivity index (χ3n) is 4.88. The topological polar surface area (TPSA) is 97.5 Å². The van der Waals surface area contributed by atoms with Gasteiger partial charge in [-0.3, -0.25) is 0 Å². The van der Waals surface area contributed by atoms with E-state index in [9.17, 15) is 21.2 Å². The van der Waals surface area contributed by atoms with Crippen LogP contribution in [-0.4, -0.2) is 34.7 Å². The summed E-state index contributed by atoms with van der Waals surface area (Å²) >= 11 is 0. The lowest BCUT2D eigenvalue weighted by Gasteiger charge is -2.28. The second kappa shape index (κ2) is 7.31. The normalized spacial score (nSPS) is 17.7. The highest BCUT2D eigenvalue weighted by Gasteiger charge is 2.27. The van der Waals surface area contributed by atoms with Gasteiger partial charge in [0, 0.05) is 13.6 Å². The SMILES string of the molecule is CN(C[C@@H]1CCCc2cc(S(=O)(=O)c3cccc(F)c3)ccc21)S(N)(=O)=O. The number of nitrogens with two attached hydrogens (primary N) is 1. The van der Waals surface area contributed by atoms with E-state index in [1.54, 1.807) is 12.1 Å². The Hall–Kier alpha value is -1.81. The van der Waals surface area contributed by atoms with Crippen molar-refractivity contribution in [1.29, 1.82) is 0 Å². The van der Waals surface area contributed by atoms with Crippen LogP contribution in [-0.2, 0) is 26.5 Å². The van der Waals surface area contributed by atoms with Gasteiger partial charge in [0.25, 0.3) is 10.2 Å². The second-order valence-corrected chi connectivity index (χ2v) is 10.3. The average molecular weight is 413 g/mol. The number of hydrogen-bond acceptors (Lipinski definition) is 4. The molecule has 2 N–H and O–H groups in total. The molecule has 6 nitrogen and oxygen atoms in total. The Kier molecular flexibility index (Phi) is 5.40. The van der Waals surface area contributed by atoms with Gasteiger partial charge >= 0.3 is 0 Å². The summed E-state index contributed by atoms with van der Waals surface area (Å²) in [4.78, 5) is 0.0102. The Morgan fingerprint density at radius 1 is 1.11 bits per heavy atom. The number of hydrogen-bond donors (Lipinski definition) is 1. The number of aryl methyl sites for hydroxylation is 1. The first-order chi connectivity index (χ1) is 12.6. The summed E-state index contributed by atoms with van der Waals surface area (Å²) < 4.78 is 63.1. The lowest BCUT2D eigenvalue weighted by atomic mass is 9.83. The fraction of sp³-hybridized carbons (Fsp3) is 0.333. The molecular formula is C18H21FN2O4S2. The van der Waals surface area contributed by atoms with E-state index in [-0.39, 0.29) is 22.3 Å². The standard InChI is InChI=1S/C18H21FN2O4S2/c1-21(27(20,24)25)12-14-5-2-4-13-10-17(8-9-18(13)14)26(22,23)16-7-3-6-15(19)11-16/h3,6-11,14H,2,4-5,12H2,1H3,(H2,20,24,25)/t14-/m0/s1. The Bertz CT molecular complexity index is 1070. The highest BCUT2D eigenvalue weighted by Crippen LogP contribution is 2.34. The minimum absolute atomic E-state index is 0.0528. The van der Waals surface area contributed by atoms with E-state index in [0.717, 1.165) is 34.3 Å². The summed E-state index contributed by atoms with van der Waals surface area (Å²) in [5.41, 5.74) is 1.79.